The molecular formula is C25H18F3N3O7S. The van der Waals surface area contributed by atoms with Crippen molar-refractivity contribution in [2.75, 3.05) is 17.7 Å². The summed E-state index contributed by atoms with van der Waals surface area (Å²) in [6.07, 6.45) is -6.00. The number of carbonyl (C=O) groups excluding carboxylic acids is 3. The predicted octanol–water partition coefficient (Wildman–Crippen LogP) is 6.04. The van der Waals surface area contributed by atoms with Crippen LogP contribution in [0.4, 0.5) is 34.1 Å². The highest BCUT2D eigenvalue weighted by atomic mass is 32.1. The zero-order chi connectivity index (χ0) is 28.3. The van der Waals surface area contributed by atoms with Gasteiger partial charge in [-0.3, -0.25) is 0 Å². The van der Waals surface area contributed by atoms with Gasteiger partial charge in [0.05, 0.1) is 35.1 Å². The van der Waals surface area contributed by atoms with E-state index in [-0.39, 0.29) is 28.8 Å². The van der Waals surface area contributed by atoms with Crippen LogP contribution >= 0.6 is 11.3 Å². The molecule has 2 amide bonds. The fraction of sp³-hybridized carbons (Fsp3) is 0.120. The molecule has 202 valence electrons. The van der Waals surface area contributed by atoms with E-state index in [2.05, 4.69) is 15.4 Å². The highest BCUT2D eigenvalue weighted by molar-refractivity contribution is 7.08. The Labute approximate surface area is 221 Å². The van der Waals surface area contributed by atoms with Gasteiger partial charge in [-0.05, 0) is 23.8 Å². The smallest absolute Gasteiger partial charge is 0.419 e. The SMILES string of the molecule is COC(=O)c1cscc1NC(=O)Nc1c(C(=O)O)n(C(=O)OCc2ccccc2)c2ccc(C(F)(F)F)cc12. The number of nitrogens with one attached hydrogen (secondary N) is 2. The van der Waals surface area contributed by atoms with Crippen molar-refractivity contribution in [1.29, 1.82) is 0 Å². The van der Waals surface area contributed by atoms with E-state index in [0.29, 0.717) is 22.3 Å². The van der Waals surface area contributed by atoms with Crippen molar-refractivity contribution in [3.05, 3.63) is 81.7 Å². The molecule has 0 aliphatic carbocycles. The second-order valence-electron chi connectivity index (χ2n) is 7.90. The minimum absolute atomic E-state index is 0.00221. The number of fused-ring (bicyclic) bond motifs is 1. The zero-order valence-corrected chi connectivity index (χ0v) is 20.7. The Kier molecular flexibility index (Phi) is 7.58. The molecule has 2 aromatic carbocycles. The van der Waals surface area contributed by atoms with Crippen LogP contribution in [0.25, 0.3) is 10.9 Å². The summed E-state index contributed by atoms with van der Waals surface area (Å²) in [6.45, 7) is -0.253. The van der Waals surface area contributed by atoms with Crippen LogP contribution in [0.1, 0.15) is 32.0 Å². The summed E-state index contributed by atoms with van der Waals surface area (Å²) in [5, 5.41) is 16.9. The average molecular weight is 561 g/mol. The first-order chi connectivity index (χ1) is 18.5. The molecule has 2 aromatic heterocycles. The Balaban J connectivity index is 1.77. The summed E-state index contributed by atoms with van der Waals surface area (Å²) in [6, 6.07) is 9.53. The van der Waals surface area contributed by atoms with Crippen LogP contribution in [0.5, 0.6) is 0 Å². The minimum Gasteiger partial charge on any atom is -0.476 e. The quantitative estimate of drug-likeness (QED) is 0.244. The lowest BCUT2D eigenvalue weighted by Gasteiger charge is -2.10. The molecule has 3 N–H and O–H groups in total. The number of benzene rings is 2. The Morgan fingerprint density at radius 2 is 1.74 bits per heavy atom. The third-order valence-corrected chi connectivity index (χ3v) is 6.18. The topological polar surface area (TPSA) is 136 Å². The van der Waals surface area contributed by atoms with E-state index in [1.807, 2.05) is 0 Å². The normalized spacial score (nSPS) is 11.2. The Morgan fingerprint density at radius 3 is 2.38 bits per heavy atom. The number of amides is 2. The van der Waals surface area contributed by atoms with Gasteiger partial charge in [-0.25, -0.2) is 23.7 Å². The lowest BCUT2D eigenvalue weighted by atomic mass is 10.1. The van der Waals surface area contributed by atoms with Crippen LogP contribution in [0, 0.1) is 0 Å². The van der Waals surface area contributed by atoms with E-state index in [1.54, 1.807) is 30.3 Å². The van der Waals surface area contributed by atoms with Crippen molar-refractivity contribution in [3.8, 4) is 0 Å². The van der Waals surface area contributed by atoms with Gasteiger partial charge in [0.1, 0.15) is 6.61 Å². The number of aromatic nitrogens is 1. The second-order valence-corrected chi connectivity index (χ2v) is 8.65. The molecule has 39 heavy (non-hydrogen) atoms. The van der Waals surface area contributed by atoms with E-state index in [0.717, 1.165) is 24.5 Å². The molecule has 0 fully saturated rings. The third-order valence-electron chi connectivity index (χ3n) is 5.44. The number of aromatic carboxylic acids is 1. The van der Waals surface area contributed by atoms with Gasteiger partial charge in [0, 0.05) is 16.1 Å². The number of alkyl halides is 3. The van der Waals surface area contributed by atoms with Gasteiger partial charge in [0.2, 0.25) is 0 Å². The molecule has 0 bridgehead atoms. The molecule has 0 aliphatic rings. The number of esters is 1. The number of urea groups is 1. The van der Waals surface area contributed by atoms with E-state index in [4.69, 9.17) is 4.74 Å². The summed E-state index contributed by atoms with van der Waals surface area (Å²) in [4.78, 5) is 50.0. The Morgan fingerprint density at radius 1 is 1.03 bits per heavy atom. The summed E-state index contributed by atoms with van der Waals surface area (Å²) >= 11 is 1.06. The molecule has 0 aliphatic heterocycles. The molecule has 10 nitrogen and oxygen atoms in total. The highest BCUT2D eigenvalue weighted by Crippen LogP contribution is 2.37. The molecule has 0 unspecified atom stereocenters. The first-order valence-electron chi connectivity index (χ1n) is 10.9. The van der Waals surface area contributed by atoms with Gasteiger partial charge < -0.3 is 25.2 Å². The van der Waals surface area contributed by atoms with Crippen LogP contribution in [-0.2, 0) is 22.3 Å². The standard InChI is InChI=1S/C25H18F3N3O7S/c1-37-22(34)16-11-39-12-17(16)29-23(35)30-19-15-9-14(25(26,27)28)7-8-18(15)31(20(19)21(32)33)24(36)38-10-13-5-3-2-4-6-13/h2-9,11-12H,10H2,1H3,(H,32,33)(H2,29,30,35). The predicted molar refractivity (Wildman–Crippen MR) is 134 cm³/mol. The molecule has 0 atom stereocenters. The van der Waals surface area contributed by atoms with E-state index >= 15 is 0 Å². The van der Waals surface area contributed by atoms with Gasteiger partial charge >= 0.3 is 30.2 Å². The number of halogens is 3. The lowest BCUT2D eigenvalue weighted by Crippen LogP contribution is -2.23. The number of rotatable bonds is 6. The van der Waals surface area contributed by atoms with Crippen molar-refractivity contribution in [3.63, 3.8) is 0 Å². The number of ether oxygens (including phenoxy) is 2. The van der Waals surface area contributed by atoms with Crippen molar-refractivity contribution in [1.82, 2.24) is 4.57 Å². The maximum atomic E-state index is 13.5. The van der Waals surface area contributed by atoms with Crippen LogP contribution in [-0.4, -0.2) is 40.8 Å². The monoisotopic (exact) mass is 561 g/mol. The number of methoxy groups -OCH3 is 1. The number of anilines is 2. The van der Waals surface area contributed by atoms with Crippen molar-refractivity contribution in [2.45, 2.75) is 12.8 Å². The fourth-order valence-electron chi connectivity index (χ4n) is 3.70. The number of carboxylic acid groups (broad SMARTS) is 1. The number of carbonyl (C=O) groups is 4. The molecule has 0 radical (unpaired) electrons. The highest BCUT2D eigenvalue weighted by Gasteiger charge is 2.34. The summed E-state index contributed by atoms with van der Waals surface area (Å²) < 4.78 is 50.9. The molecular weight excluding hydrogens is 543 g/mol. The van der Waals surface area contributed by atoms with E-state index < -0.39 is 47.2 Å². The second kappa shape index (κ2) is 10.9. The van der Waals surface area contributed by atoms with Gasteiger partial charge in [-0.1, -0.05) is 30.3 Å². The number of thiophene rings is 1. The molecule has 14 heteroatoms. The van der Waals surface area contributed by atoms with Crippen LogP contribution in [0.3, 0.4) is 0 Å². The minimum atomic E-state index is -4.81. The van der Waals surface area contributed by atoms with Crippen LogP contribution in [0.2, 0.25) is 0 Å². The molecule has 0 spiro atoms. The van der Waals surface area contributed by atoms with Crippen LogP contribution < -0.4 is 10.6 Å². The summed E-state index contributed by atoms with van der Waals surface area (Å²) in [7, 11) is 1.13. The Hall–Kier alpha value is -4.85. The maximum Gasteiger partial charge on any atom is 0.419 e. The first-order valence-corrected chi connectivity index (χ1v) is 11.9. The number of hydrogen-bond acceptors (Lipinski definition) is 7. The van der Waals surface area contributed by atoms with Gasteiger partial charge in [-0.15, -0.1) is 11.3 Å². The Bertz CT molecular complexity index is 1580. The van der Waals surface area contributed by atoms with E-state index in [1.165, 1.54) is 10.8 Å². The zero-order valence-electron chi connectivity index (χ0n) is 19.9. The average Bonchev–Trinajstić information content (AvgIpc) is 3.49. The van der Waals surface area contributed by atoms with Crippen molar-refractivity contribution in [2.24, 2.45) is 0 Å². The molecule has 0 saturated carbocycles. The van der Waals surface area contributed by atoms with Crippen molar-refractivity contribution >= 4 is 57.7 Å². The summed E-state index contributed by atoms with van der Waals surface area (Å²) in [5.41, 5.74) is -2.22. The van der Waals surface area contributed by atoms with Crippen molar-refractivity contribution < 1.29 is 46.9 Å². The van der Waals surface area contributed by atoms with Gasteiger partial charge in [0.25, 0.3) is 0 Å². The first kappa shape index (κ1) is 27.2. The molecule has 4 rings (SSSR count). The van der Waals surface area contributed by atoms with E-state index in [9.17, 15) is 37.5 Å². The number of hydrogen-bond donors (Lipinski definition) is 3. The van der Waals surface area contributed by atoms with Crippen LogP contribution in [0.15, 0.2) is 59.3 Å². The van der Waals surface area contributed by atoms with Gasteiger partial charge in [-0.2, -0.15) is 13.2 Å². The third kappa shape index (κ3) is 5.70. The molecule has 2 heterocycles. The summed E-state index contributed by atoms with van der Waals surface area (Å²) in [5.74, 6) is -2.48. The molecule has 4 aromatic rings. The number of nitrogens with zero attached hydrogens (tertiary/aromatic N) is 1. The lowest BCUT2D eigenvalue weighted by molar-refractivity contribution is -0.137. The largest absolute Gasteiger partial charge is 0.476 e. The maximum absolute atomic E-state index is 13.5. The fourth-order valence-corrected chi connectivity index (χ4v) is 4.45. The molecule has 0 saturated heterocycles. The van der Waals surface area contributed by atoms with Gasteiger partial charge in [0.15, 0.2) is 5.69 Å². The number of carboxylic acids is 1.